The molecule has 0 spiro atoms. The van der Waals surface area contributed by atoms with E-state index in [4.69, 9.17) is 11.6 Å². The lowest BCUT2D eigenvalue weighted by atomic mass is 10.1. The molecule has 0 unspecified atom stereocenters. The van der Waals surface area contributed by atoms with Gasteiger partial charge in [-0.25, -0.2) is 22.2 Å². The summed E-state index contributed by atoms with van der Waals surface area (Å²) in [7, 11) is 0. The van der Waals surface area contributed by atoms with Crippen LogP contribution in [0.25, 0.3) is 16.9 Å². The number of para-hydroxylation sites is 1. The fourth-order valence-electron chi connectivity index (χ4n) is 3.42. The van der Waals surface area contributed by atoms with E-state index in [-0.39, 0.29) is 6.54 Å². The zero-order valence-corrected chi connectivity index (χ0v) is 18.3. The van der Waals surface area contributed by atoms with E-state index in [0.29, 0.717) is 15.9 Å². The maximum atomic E-state index is 13.3. The van der Waals surface area contributed by atoms with Crippen molar-refractivity contribution < 1.29 is 22.4 Å². The van der Waals surface area contributed by atoms with Crippen molar-refractivity contribution in [2.24, 2.45) is 0 Å². The highest BCUT2D eigenvalue weighted by Crippen LogP contribution is 2.34. The molecule has 1 N–H and O–H groups in total. The molecule has 176 valence electrons. The van der Waals surface area contributed by atoms with Crippen LogP contribution in [0.1, 0.15) is 29.8 Å². The second-order valence-corrected chi connectivity index (χ2v) is 7.65. The maximum Gasteiger partial charge on any atom is 0.283 e. The molecule has 0 aliphatic carbocycles. The fraction of sp³-hybridized carbons (Fsp3) is 0.174. The average Bonchev–Trinajstić information content (AvgIpc) is 3.40. The summed E-state index contributed by atoms with van der Waals surface area (Å²) >= 11 is 5.64. The minimum absolute atomic E-state index is 0.0244. The quantitative estimate of drug-likeness (QED) is 0.327. The highest BCUT2D eigenvalue weighted by atomic mass is 35.5. The summed E-state index contributed by atoms with van der Waals surface area (Å²) in [5.74, 6) is -0.701. The SMILES string of the molecule is O=C(Cn1nc(C(F)F)c(Cl)c1C(F)F)NCc1cn(-c2ccccc2)nc1-c1ccccc1. The molecule has 0 bridgehead atoms. The number of amides is 1. The first-order chi connectivity index (χ1) is 16.3. The smallest absolute Gasteiger partial charge is 0.283 e. The van der Waals surface area contributed by atoms with Crippen LogP contribution in [0.15, 0.2) is 66.9 Å². The zero-order chi connectivity index (χ0) is 24.2. The Labute approximate surface area is 196 Å². The first-order valence-electron chi connectivity index (χ1n) is 10.1. The van der Waals surface area contributed by atoms with Gasteiger partial charge in [-0.3, -0.25) is 9.48 Å². The van der Waals surface area contributed by atoms with Gasteiger partial charge in [0.05, 0.1) is 16.4 Å². The topological polar surface area (TPSA) is 64.7 Å². The Bertz CT molecular complexity index is 1280. The number of hydrogen-bond donors (Lipinski definition) is 1. The minimum Gasteiger partial charge on any atom is -0.350 e. The second-order valence-electron chi connectivity index (χ2n) is 7.27. The lowest BCUT2D eigenvalue weighted by molar-refractivity contribution is -0.122. The number of benzene rings is 2. The summed E-state index contributed by atoms with van der Waals surface area (Å²) in [6.07, 6.45) is -4.57. The number of rotatable bonds is 8. The second kappa shape index (κ2) is 10.1. The Morgan fingerprint density at radius 2 is 1.59 bits per heavy atom. The lowest BCUT2D eigenvalue weighted by Crippen LogP contribution is -2.28. The van der Waals surface area contributed by atoms with Crippen LogP contribution < -0.4 is 5.32 Å². The number of alkyl halides is 4. The van der Waals surface area contributed by atoms with Crippen LogP contribution in [-0.2, 0) is 17.9 Å². The van der Waals surface area contributed by atoms with Gasteiger partial charge in [-0.05, 0) is 12.1 Å². The van der Waals surface area contributed by atoms with Gasteiger partial charge in [-0.2, -0.15) is 10.2 Å². The Morgan fingerprint density at radius 1 is 0.941 bits per heavy atom. The molecule has 0 radical (unpaired) electrons. The minimum atomic E-state index is -3.17. The number of carbonyl (C=O) groups excluding carboxylic acids is 1. The molecular weight excluding hydrogens is 474 g/mol. The highest BCUT2D eigenvalue weighted by Gasteiger charge is 2.28. The summed E-state index contributed by atoms with van der Waals surface area (Å²) < 4.78 is 54.9. The molecule has 0 aliphatic heterocycles. The maximum absolute atomic E-state index is 13.3. The molecule has 6 nitrogen and oxygen atoms in total. The van der Waals surface area contributed by atoms with Gasteiger partial charge in [0, 0.05) is 23.9 Å². The Hall–Kier alpha value is -3.66. The third-order valence-electron chi connectivity index (χ3n) is 5.00. The van der Waals surface area contributed by atoms with Crippen molar-refractivity contribution in [2.75, 3.05) is 0 Å². The van der Waals surface area contributed by atoms with Crippen LogP contribution in [0.4, 0.5) is 17.6 Å². The average molecular weight is 492 g/mol. The van der Waals surface area contributed by atoms with Crippen molar-refractivity contribution in [1.29, 1.82) is 0 Å². The van der Waals surface area contributed by atoms with Gasteiger partial charge in [-0.1, -0.05) is 60.1 Å². The molecule has 4 rings (SSSR count). The molecule has 0 atom stereocenters. The largest absolute Gasteiger partial charge is 0.350 e. The van der Waals surface area contributed by atoms with Gasteiger partial charge in [0.25, 0.3) is 12.9 Å². The number of nitrogens with one attached hydrogen (secondary N) is 1. The number of nitrogens with zero attached hydrogens (tertiary/aromatic N) is 4. The summed E-state index contributed by atoms with van der Waals surface area (Å²) in [6, 6.07) is 18.7. The molecule has 2 heterocycles. The van der Waals surface area contributed by atoms with E-state index in [9.17, 15) is 22.4 Å². The van der Waals surface area contributed by atoms with Crippen LogP contribution >= 0.6 is 11.6 Å². The van der Waals surface area contributed by atoms with Crippen molar-refractivity contribution in [1.82, 2.24) is 24.9 Å². The molecular formula is C23H18ClF4N5O. The van der Waals surface area contributed by atoms with E-state index in [1.54, 1.807) is 10.9 Å². The summed E-state index contributed by atoms with van der Waals surface area (Å²) in [6.45, 7) is -0.670. The van der Waals surface area contributed by atoms with Crippen molar-refractivity contribution >= 4 is 17.5 Å². The predicted molar refractivity (Wildman–Crippen MR) is 118 cm³/mol. The van der Waals surface area contributed by atoms with Crippen molar-refractivity contribution in [3.8, 4) is 16.9 Å². The summed E-state index contributed by atoms with van der Waals surface area (Å²) in [4.78, 5) is 12.5. The molecule has 0 saturated heterocycles. The van der Waals surface area contributed by atoms with Crippen LogP contribution in [0.5, 0.6) is 0 Å². The van der Waals surface area contributed by atoms with Crippen LogP contribution in [0, 0.1) is 0 Å². The number of halogens is 5. The van der Waals surface area contributed by atoms with Crippen LogP contribution in [0.2, 0.25) is 5.02 Å². The Kier molecular flexibility index (Phi) is 6.97. The molecule has 0 aliphatic rings. The van der Waals surface area contributed by atoms with Gasteiger partial charge in [0.1, 0.15) is 17.9 Å². The fourth-order valence-corrected chi connectivity index (χ4v) is 3.72. The Balaban J connectivity index is 1.56. The first kappa shape index (κ1) is 23.5. The van der Waals surface area contributed by atoms with Crippen molar-refractivity contribution in [2.45, 2.75) is 25.9 Å². The van der Waals surface area contributed by atoms with Crippen LogP contribution in [-0.4, -0.2) is 25.5 Å². The predicted octanol–water partition coefficient (Wildman–Crippen LogP) is 5.58. The Morgan fingerprint density at radius 3 is 2.21 bits per heavy atom. The van der Waals surface area contributed by atoms with Crippen molar-refractivity contribution in [3.63, 3.8) is 0 Å². The summed E-state index contributed by atoms with van der Waals surface area (Å²) in [5.41, 5.74) is 1.02. The monoisotopic (exact) mass is 491 g/mol. The van der Waals surface area contributed by atoms with E-state index in [0.717, 1.165) is 11.3 Å². The first-order valence-corrected chi connectivity index (χ1v) is 10.5. The third kappa shape index (κ3) is 4.96. The van der Waals surface area contributed by atoms with Gasteiger partial charge in [-0.15, -0.1) is 0 Å². The van der Waals surface area contributed by atoms with E-state index in [2.05, 4.69) is 15.5 Å². The molecule has 2 aromatic heterocycles. The molecule has 2 aromatic carbocycles. The van der Waals surface area contributed by atoms with Gasteiger partial charge < -0.3 is 5.32 Å². The normalized spacial score (nSPS) is 11.4. The molecule has 0 fully saturated rings. The van der Waals surface area contributed by atoms with Gasteiger partial charge in [0.2, 0.25) is 5.91 Å². The molecule has 4 aromatic rings. The van der Waals surface area contributed by atoms with E-state index >= 15 is 0 Å². The van der Waals surface area contributed by atoms with E-state index < -0.39 is 41.7 Å². The van der Waals surface area contributed by atoms with Crippen LogP contribution in [0.3, 0.4) is 0 Å². The third-order valence-corrected chi connectivity index (χ3v) is 5.38. The molecule has 0 saturated carbocycles. The lowest BCUT2D eigenvalue weighted by Gasteiger charge is -2.08. The van der Waals surface area contributed by atoms with E-state index in [1.807, 2.05) is 60.7 Å². The van der Waals surface area contributed by atoms with Gasteiger partial charge in [0.15, 0.2) is 0 Å². The molecule has 11 heteroatoms. The van der Waals surface area contributed by atoms with Crippen molar-refractivity contribution in [3.05, 3.63) is 88.8 Å². The molecule has 34 heavy (non-hydrogen) atoms. The zero-order valence-electron chi connectivity index (χ0n) is 17.5. The van der Waals surface area contributed by atoms with Gasteiger partial charge >= 0.3 is 0 Å². The highest BCUT2D eigenvalue weighted by molar-refractivity contribution is 6.32. The van der Waals surface area contributed by atoms with E-state index in [1.165, 1.54) is 0 Å². The number of aromatic nitrogens is 4. The standard InChI is InChI=1S/C23H18ClF4N5O/c24-18-20(22(25)26)31-33(21(18)23(27)28)13-17(34)29-11-15-12-32(16-9-5-2-6-10-16)30-19(15)14-7-3-1-4-8-14/h1-10,12,22-23H,11,13H2,(H,29,34). The molecule has 1 amide bonds. The summed E-state index contributed by atoms with van der Waals surface area (Å²) in [5, 5.41) is 9.82. The number of carbonyl (C=O) groups is 1. The number of hydrogen-bond acceptors (Lipinski definition) is 3.